The Kier molecular flexibility index (Phi) is 8.92. The van der Waals surface area contributed by atoms with Crippen molar-refractivity contribution < 1.29 is 56.5 Å². The minimum atomic E-state index is -4.73. The zero-order chi connectivity index (χ0) is 21.6. The average molecular weight is 467 g/mol. The van der Waals surface area contributed by atoms with E-state index in [2.05, 4.69) is 15.8 Å². The Morgan fingerprint density at radius 2 is 1.81 bits per heavy atom. The molecule has 0 radical (unpaired) electrons. The van der Waals surface area contributed by atoms with Gasteiger partial charge in [-0.25, -0.2) is 13.8 Å². The SMILES string of the molecule is O=C(N/N=C/c1ccc(S(=O)(=O)[O-])o1)/C(=C\c1cccs1)NC(=O)c1ccccc1.[Na+]. The number of hydrazone groups is 1. The fraction of sp³-hybridized carbons (Fsp3) is 0. The molecule has 3 rings (SSSR count). The molecule has 0 fully saturated rings. The summed E-state index contributed by atoms with van der Waals surface area (Å²) in [4.78, 5) is 25.7. The molecule has 0 saturated carbocycles. The van der Waals surface area contributed by atoms with Crippen molar-refractivity contribution in [3.63, 3.8) is 0 Å². The number of rotatable bonds is 7. The number of nitrogens with zero attached hydrogens (tertiary/aromatic N) is 1. The first-order valence-corrected chi connectivity index (χ1v) is 10.6. The zero-order valence-electron chi connectivity index (χ0n) is 16.1. The summed E-state index contributed by atoms with van der Waals surface area (Å²) in [5.74, 6) is -1.25. The fourth-order valence-corrected chi connectivity index (χ4v) is 3.30. The van der Waals surface area contributed by atoms with Crippen LogP contribution in [0.5, 0.6) is 0 Å². The van der Waals surface area contributed by atoms with E-state index in [1.807, 2.05) is 5.38 Å². The molecule has 2 aromatic heterocycles. The normalized spacial score (nSPS) is 11.7. The van der Waals surface area contributed by atoms with Crippen LogP contribution in [0.4, 0.5) is 0 Å². The molecule has 0 aliphatic heterocycles. The maximum Gasteiger partial charge on any atom is 1.00 e. The number of amides is 2. The molecule has 31 heavy (non-hydrogen) atoms. The number of benzene rings is 1. The quantitative estimate of drug-likeness (QED) is 0.153. The van der Waals surface area contributed by atoms with Crippen molar-refractivity contribution in [1.29, 1.82) is 0 Å². The summed E-state index contributed by atoms with van der Waals surface area (Å²) in [6, 6.07) is 14.1. The van der Waals surface area contributed by atoms with E-state index in [1.54, 1.807) is 42.5 Å². The van der Waals surface area contributed by atoms with Gasteiger partial charge in [-0.05, 0) is 41.8 Å². The van der Waals surface area contributed by atoms with Crippen molar-refractivity contribution in [3.05, 3.63) is 81.9 Å². The summed E-state index contributed by atoms with van der Waals surface area (Å²) in [5.41, 5.74) is 2.53. The number of furan rings is 1. The maximum atomic E-state index is 12.5. The molecule has 0 atom stereocenters. The third-order valence-electron chi connectivity index (χ3n) is 3.56. The van der Waals surface area contributed by atoms with Gasteiger partial charge in [-0.2, -0.15) is 5.10 Å². The number of carbonyl (C=O) groups is 2. The van der Waals surface area contributed by atoms with Gasteiger partial charge in [0.15, 0.2) is 10.1 Å². The Hall–Kier alpha value is -2.54. The van der Waals surface area contributed by atoms with Crippen molar-refractivity contribution in [1.82, 2.24) is 10.7 Å². The van der Waals surface area contributed by atoms with Gasteiger partial charge in [0.1, 0.15) is 11.5 Å². The van der Waals surface area contributed by atoms with E-state index in [4.69, 9.17) is 4.42 Å². The Morgan fingerprint density at radius 1 is 1.06 bits per heavy atom. The molecule has 0 saturated heterocycles. The predicted octanol–water partition coefficient (Wildman–Crippen LogP) is -0.830. The molecular weight excluding hydrogens is 453 g/mol. The van der Waals surface area contributed by atoms with Crippen molar-refractivity contribution in [2.75, 3.05) is 0 Å². The topological polar surface area (TPSA) is 141 Å². The number of hydrogen-bond acceptors (Lipinski definition) is 8. The molecular formula is C19H14N3NaO6S2. The summed E-state index contributed by atoms with van der Waals surface area (Å²) in [6.45, 7) is 0. The van der Waals surface area contributed by atoms with Gasteiger partial charge >= 0.3 is 29.6 Å². The smallest absolute Gasteiger partial charge is 0.742 e. The predicted molar refractivity (Wildman–Crippen MR) is 109 cm³/mol. The van der Waals surface area contributed by atoms with Gasteiger partial charge in [-0.3, -0.25) is 9.59 Å². The molecule has 2 N–H and O–H groups in total. The minimum absolute atomic E-state index is 0. The second kappa shape index (κ2) is 11.2. The molecule has 0 aliphatic carbocycles. The van der Waals surface area contributed by atoms with Crippen LogP contribution in [0, 0.1) is 0 Å². The van der Waals surface area contributed by atoms with Crippen molar-refractivity contribution in [3.8, 4) is 0 Å². The van der Waals surface area contributed by atoms with Gasteiger partial charge in [0.25, 0.3) is 11.8 Å². The second-order valence-electron chi connectivity index (χ2n) is 5.70. The summed E-state index contributed by atoms with van der Waals surface area (Å²) in [5, 5.41) is 7.26. The van der Waals surface area contributed by atoms with Crippen LogP contribution in [-0.4, -0.2) is 31.0 Å². The van der Waals surface area contributed by atoms with Crippen molar-refractivity contribution in [2.45, 2.75) is 5.09 Å². The van der Waals surface area contributed by atoms with E-state index in [9.17, 15) is 22.6 Å². The van der Waals surface area contributed by atoms with Crippen LogP contribution in [-0.2, 0) is 14.9 Å². The van der Waals surface area contributed by atoms with Gasteiger partial charge in [0.05, 0.1) is 6.21 Å². The Bertz CT molecular complexity index is 1200. The third kappa shape index (κ3) is 7.28. The van der Waals surface area contributed by atoms with Crippen LogP contribution in [0.3, 0.4) is 0 Å². The van der Waals surface area contributed by atoms with Gasteiger partial charge in [-0.15, -0.1) is 11.3 Å². The first-order chi connectivity index (χ1) is 14.3. The molecule has 12 heteroatoms. The number of thiophene rings is 1. The van der Waals surface area contributed by atoms with Crippen molar-refractivity contribution >= 4 is 45.6 Å². The molecule has 0 unspecified atom stereocenters. The van der Waals surface area contributed by atoms with Crippen molar-refractivity contribution in [2.24, 2.45) is 5.10 Å². The molecule has 1 aromatic carbocycles. The van der Waals surface area contributed by atoms with E-state index in [0.717, 1.165) is 17.2 Å². The molecule has 0 bridgehead atoms. The first kappa shape index (κ1) is 24.7. The summed E-state index contributed by atoms with van der Waals surface area (Å²) in [7, 11) is -4.73. The first-order valence-electron chi connectivity index (χ1n) is 8.33. The Balaban J connectivity index is 0.00000341. The van der Waals surface area contributed by atoms with Crippen LogP contribution in [0.25, 0.3) is 6.08 Å². The zero-order valence-corrected chi connectivity index (χ0v) is 19.8. The standard InChI is InChI=1S/C19H15N3O6S2.Na/c23-18(13-5-2-1-3-6-13)21-16(11-15-7-4-10-29-15)19(24)22-20-12-14-8-9-17(28-14)30(25,26)27;/h1-12H,(H,21,23)(H,22,24)(H,25,26,27);/q;+1/p-1/b16-11+,20-12+;. The summed E-state index contributed by atoms with van der Waals surface area (Å²) < 4.78 is 37.4. The fourth-order valence-electron chi connectivity index (χ4n) is 2.21. The van der Waals surface area contributed by atoms with E-state index in [0.29, 0.717) is 5.56 Å². The molecule has 3 aromatic rings. The largest absolute Gasteiger partial charge is 1.00 e. The molecule has 9 nitrogen and oxygen atoms in total. The van der Waals surface area contributed by atoms with Gasteiger partial charge < -0.3 is 14.3 Å². The second-order valence-corrected chi connectivity index (χ2v) is 7.99. The Labute approximate surface area is 203 Å². The van der Waals surface area contributed by atoms with E-state index in [-0.39, 0.29) is 41.0 Å². The van der Waals surface area contributed by atoms with E-state index >= 15 is 0 Å². The maximum absolute atomic E-state index is 12.5. The summed E-state index contributed by atoms with van der Waals surface area (Å²) in [6.07, 6.45) is 2.51. The van der Waals surface area contributed by atoms with Crippen LogP contribution in [0.2, 0.25) is 0 Å². The van der Waals surface area contributed by atoms with E-state index < -0.39 is 27.0 Å². The van der Waals surface area contributed by atoms with Crippen LogP contribution in [0.1, 0.15) is 21.0 Å². The monoisotopic (exact) mass is 467 g/mol. The number of nitrogens with one attached hydrogen (secondary N) is 2. The third-order valence-corrected chi connectivity index (χ3v) is 5.10. The van der Waals surface area contributed by atoms with E-state index in [1.165, 1.54) is 23.5 Å². The molecule has 0 aliphatic rings. The molecule has 154 valence electrons. The Morgan fingerprint density at radius 3 is 2.42 bits per heavy atom. The van der Waals surface area contributed by atoms with Crippen LogP contribution >= 0.6 is 11.3 Å². The number of hydrogen-bond donors (Lipinski definition) is 2. The van der Waals surface area contributed by atoms with Crippen LogP contribution < -0.4 is 40.3 Å². The van der Waals surface area contributed by atoms with Gasteiger partial charge in [0, 0.05) is 10.4 Å². The number of carbonyl (C=O) groups excluding carboxylic acids is 2. The van der Waals surface area contributed by atoms with Gasteiger partial charge in [-0.1, -0.05) is 24.3 Å². The minimum Gasteiger partial charge on any atom is -0.742 e. The molecule has 2 amide bonds. The van der Waals surface area contributed by atoms with Gasteiger partial charge in [0.2, 0.25) is 5.09 Å². The summed E-state index contributed by atoms with van der Waals surface area (Å²) >= 11 is 1.37. The molecule has 0 spiro atoms. The molecule has 2 heterocycles. The van der Waals surface area contributed by atoms with Crippen LogP contribution in [0.15, 0.2) is 80.3 Å². The average Bonchev–Trinajstić information content (AvgIpc) is 3.40.